The standard InChI is InChI=1S/C17H14Cl2N2O3/c1-9-7-17(9)8-20-15-3-2-11(6-12(15)17)24-16-13(18)4-10(21(22)23)5-14(16)19/h2-6,9,20H,7-8H2,1H3. The molecule has 1 fully saturated rings. The minimum atomic E-state index is -0.541. The molecule has 124 valence electrons. The maximum absolute atomic E-state index is 10.9. The van der Waals surface area contributed by atoms with Crippen molar-refractivity contribution in [3.63, 3.8) is 0 Å². The summed E-state index contributed by atoms with van der Waals surface area (Å²) in [6.07, 6.45) is 1.16. The fourth-order valence-electron chi connectivity index (χ4n) is 3.48. The lowest BCUT2D eigenvalue weighted by atomic mass is 9.96. The Hall–Kier alpha value is -1.98. The van der Waals surface area contributed by atoms with E-state index in [-0.39, 0.29) is 26.9 Å². The molecule has 1 saturated carbocycles. The fourth-order valence-corrected chi connectivity index (χ4v) is 4.03. The number of nitrogens with one attached hydrogen (secondary N) is 1. The van der Waals surface area contributed by atoms with Crippen molar-refractivity contribution >= 4 is 34.6 Å². The molecule has 7 heteroatoms. The molecule has 2 aromatic carbocycles. The zero-order chi connectivity index (χ0) is 17.1. The lowest BCUT2D eigenvalue weighted by Crippen LogP contribution is -2.11. The number of nitro groups is 1. The highest BCUT2D eigenvalue weighted by Crippen LogP contribution is 2.59. The van der Waals surface area contributed by atoms with Gasteiger partial charge in [-0.1, -0.05) is 30.1 Å². The Kier molecular flexibility index (Phi) is 3.41. The molecule has 0 aromatic heterocycles. The zero-order valence-corrected chi connectivity index (χ0v) is 14.3. The molecule has 0 bridgehead atoms. The van der Waals surface area contributed by atoms with Gasteiger partial charge in [-0.25, -0.2) is 0 Å². The van der Waals surface area contributed by atoms with Crippen LogP contribution in [-0.4, -0.2) is 11.5 Å². The summed E-state index contributed by atoms with van der Waals surface area (Å²) in [4.78, 5) is 10.3. The summed E-state index contributed by atoms with van der Waals surface area (Å²) in [7, 11) is 0. The molecule has 2 atom stereocenters. The van der Waals surface area contributed by atoms with Gasteiger partial charge in [0.15, 0.2) is 5.75 Å². The molecular formula is C17H14Cl2N2O3. The summed E-state index contributed by atoms with van der Waals surface area (Å²) in [6.45, 7) is 3.19. The molecule has 4 rings (SSSR count). The topological polar surface area (TPSA) is 64.4 Å². The number of fused-ring (bicyclic) bond motifs is 2. The second kappa shape index (κ2) is 5.26. The summed E-state index contributed by atoms with van der Waals surface area (Å²) in [5, 5.41) is 14.5. The molecule has 1 aliphatic heterocycles. The molecule has 5 nitrogen and oxygen atoms in total. The van der Waals surface area contributed by atoms with Gasteiger partial charge in [0.05, 0.1) is 15.0 Å². The minimum absolute atomic E-state index is 0.113. The third kappa shape index (κ3) is 2.31. The number of rotatable bonds is 3. The highest BCUT2D eigenvalue weighted by molar-refractivity contribution is 6.37. The van der Waals surface area contributed by atoms with E-state index in [1.807, 2.05) is 18.2 Å². The van der Waals surface area contributed by atoms with E-state index in [2.05, 4.69) is 12.2 Å². The number of hydrogen-bond donors (Lipinski definition) is 1. The Morgan fingerprint density at radius 1 is 1.29 bits per heavy atom. The fraction of sp³-hybridized carbons (Fsp3) is 0.294. The molecule has 24 heavy (non-hydrogen) atoms. The first-order valence-electron chi connectivity index (χ1n) is 7.60. The van der Waals surface area contributed by atoms with E-state index in [1.165, 1.54) is 17.7 Å². The van der Waals surface area contributed by atoms with Gasteiger partial charge in [-0.2, -0.15) is 0 Å². The number of nitro benzene ring substituents is 1. The van der Waals surface area contributed by atoms with Crippen LogP contribution in [0.4, 0.5) is 11.4 Å². The Morgan fingerprint density at radius 3 is 2.54 bits per heavy atom. The first kappa shape index (κ1) is 15.5. The monoisotopic (exact) mass is 364 g/mol. The number of anilines is 1. The van der Waals surface area contributed by atoms with Gasteiger partial charge in [0.25, 0.3) is 5.69 Å². The van der Waals surface area contributed by atoms with Crippen molar-refractivity contribution in [1.82, 2.24) is 0 Å². The van der Waals surface area contributed by atoms with E-state index in [1.54, 1.807) is 0 Å². The smallest absolute Gasteiger partial charge is 0.272 e. The van der Waals surface area contributed by atoms with E-state index in [0.717, 1.165) is 18.7 Å². The SMILES string of the molecule is CC1CC12CNc1ccc(Oc3c(Cl)cc([N+](=O)[O-])cc3Cl)cc12. The largest absolute Gasteiger partial charge is 0.454 e. The highest BCUT2D eigenvalue weighted by atomic mass is 35.5. The van der Waals surface area contributed by atoms with E-state index >= 15 is 0 Å². The molecule has 0 saturated heterocycles. The lowest BCUT2D eigenvalue weighted by Gasteiger charge is -2.13. The van der Waals surface area contributed by atoms with E-state index in [4.69, 9.17) is 27.9 Å². The first-order chi connectivity index (χ1) is 11.4. The van der Waals surface area contributed by atoms with Crippen LogP contribution >= 0.6 is 23.2 Å². The van der Waals surface area contributed by atoms with Gasteiger partial charge in [-0.05, 0) is 36.1 Å². The number of halogens is 2. The number of hydrogen-bond acceptors (Lipinski definition) is 4. The van der Waals surface area contributed by atoms with Gasteiger partial charge in [-0.15, -0.1) is 0 Å². The van der Waals surface area contributed by atoms with Gasteiger partial charge in [-0.3, -0.25) is 10.1 Å². The molecule has 0 radical (unpaired) electrons. The molecule has 0 amide bonds. The van der Waals surface area contributed by atoms with Gasteiger partial charge in [0.1, 0.15) is 5.75 Å². The van der Waals surface area contributed by atoms with Crippen LogP contribution in [0.3, 0.4) is 0 Å². The van der Waals surface area contributed by atoms with Crippen LogP contribution in [-0.2, 0) is 5.41 Å². The van der Waals surface area contributed by atoms with Gasteiger partial charge in [0, 0.05) is 29.8 Å². The molecular weight excluding hydrogens is 351 g/mol. The van der Waals surface area contributed by atoms with Crippen molar-refractivity contribution in [3.8, 4) is 11.5 Å². The zero-order valence-electron chi connectivity index (χ0n) is 12.8. The number of non-ortho nitro benzene ring substituents is 1. The van der Waals surface area contributed by atoms with Crippen LogP contribution in [0, 0.1) is 16.0 Å². The van der Waals surface area contributed by atoms with Crippen LogP contribution in [0.15, 0.2) is 30.3 Å². The van der Waals surface area contributed by atoms with Crippen molar-refractivity contribution < 1.29 is 9.66 Å². The van der Waals surface area contributed by atoms with Crippen molar-refractivity contribution in [1.29, 1.82) is 0 Å². The van der Waals surface area contributed by atoms with Crippen molar-refractivity contribution in [2.24, 2.45) is 5.92 Å². The van der Waals surface area contributed by atoms with Crippen molar-refractivity contribution in [3.05, 3.63) is 56.1 Å². The number of nitrogens with zero attached hydrogens (tertiary/aromatic N) is 1. The molecule has 1 spiro atoms. The third-order valence-electron chi connectivity index (χ3n) is 4.99. The average Bonchev–Trinajstić information content (AvgIpc) is 3.05. The average molecular weight is 365 g/mol. The molecule has 1 heterocycles. The molecule has 1 N–H and O–H groups in total. The normalized spacial score (nSPS) is 23.7. The highest BCUT2D eigenvalue weighted by Gasteiger charge is 2.55. The Balaban J connectivity index is 1.68. The van der Waals surface area contributed by atoms with Crippen LogP contribution in [0.2, 0.25) is 10.0 Å². The van der Waals surface area contributed by atoms with Gasteiger partial charge >= 0.3 is 0 Å². The number of benzene rings is 2. The first-order valence-corrected chi connectivity index (χ1v) is 8.36. The van der Waals surface area contributed by atoms with E-state index in [0.29, 0.717) is 11.7 Å². The maximum Gasteiger partial charge on any atom is 0.272 e. The second-order valence-electron chi connectivity index (χ2n) is 6.42. The molecule has 2 unspecified atom stereocenters. The molecule has 1 aliphatic carbocycles. The summed E-state index contributed by atoms with van der Waals surface area (Å²) in [5.41, 5.74) is 2.42. The van der Waals surface area contributed by atoms with Crippen LogP contribution in [0.25, 0.3) is 0 Å². The van der Waals surface area contributed by atoms with Gasteiger partial charge in [0.2, 0.25) is 0 Å². The Morgan fingerprint density at radius 2 is 1.96 bits per heavy atom. The lowest BCUT2D eigenvalue weighted by molar-refractivity contribution is -0.384. The summed E-state index contributed by atoms with van der Waals surface area (Å²) < 4.78 is 5.84. The van der Waals surface area contributed by atoms with E-state index in [9.17, 15) is 10.1 Å². The van der Waals surface area contributed by atoms with Crippen LogP contribution < -0.4 is 10.1 Å². The van der Waals surface area contributed by atoms with E-state index < -0.39 is 4.92 Å². The Labute approximate surface area is 148 Å². The predicted molar refractivity (Wildman–Crippen MR) is 93.6 cm³/mol. The maximum atomic E-state index is 10.9. The third-order valence-corrected chi connectivity index (χ3v) is 5.55. The predicted octanol–water partition coefficient (Wildman–Crippen LogP) is 5.40. The van der Waals surface area contributed by atoms with Crippen LogP contribution in [0.1, 0.15) is 18.9 Å². The second-order valence-corrected chi connectivity index (χ2v) is 7.23. The quantitative estimate of drug-likeness (QED) is 0.585. The minimum Gasteiger partial charge on any atom is -0.454 e. The Bertz CT molecular complexity index is 848. The summed E-state index contributed by atoms with van der Waals surface area (Å²) >= 11 is 12.2. The summed E-state index contributed by atoms with van der Waals surface area (Å²) in [5.74, 6) is 1.49. The molecule has 2 aliphatic rings. The van der Waals surface area contributed by atoms with Crippen LogP contribution in [0.5, 0.6) is 11.5 Å². The van der Waals surface area contributed by atoms with Gasteiger partial charge < -0.3 is 10.1 Å². The van der Waals surface area contributed by atoms with Crippen molar-refractivity contribution in [2.45, 2.75) is 18.8 Å². The summed E-state index contributed by atoms with van der Waals surface area (Å²) in [6, 6.07) is 8.31. The van der Waals surface area contributed by atoms with Crippen molar-refractivity contribution in [2.75, 3.05) is 11.9 Å². The number of ether oxygens (including phenoxy) is 1. The molecule has 2 aromatic rings.